The highest BCUT2D eigenvalue weighted by molar-refractivity contribution is 5.97. The summed E-state index contributed by atoms with van der Waals surface area (Å²) in [7, 11) is 4.48. The molecule has 3 aromatic carbocycles. The van der Waals surface area contributed by atoms with E-state index in [1.807, 2.05) is 12.1 Å². The molecule has 0 heterocycles. The van der Waals surface area contributed by atoms with E-state index < -0.39 is 11.8 Å². The van der Waals surface area contributed by atoms with Gasteiger partial charge in [0.15, 0.2) is 23.0 Å². The molecule has 0 radical (unpaired) electrons. The van der Waals surface area contributed by atoms with E-state index in [9.17, 15) is 14.9 Å². The number of hydrogen-bond acceptors (Lipinski definition) is 8. The van der Waals surface area contributed by atoms with Gasteiger partial charge < -0.3 is 24.3 Å². The van der Waals surface area contributed by atoms with Crippen LogP contribution in [0.2, 0.25) is 0 Å². The van der Waals surface area contributed by atoms with Crippen LogP contribution in [0.4, 0.5) is 0 Å². The Kier molecular flexibility index (Phi) is 9.44. The zero-order chi connectivity index (χ0) is 26.6. The lowest BCUT2D eigenvalue weighted by molar-refractivity contribution is -0.120. The minimum absolute atomic E-state index is 0.207. The summed E-state index contributed by atoms with van der Waals surface area (Å²) in [6.07, 6.45) is 1.44. The molecule has 0 spiro atoms. The van der Waals surface area contributed by atoms with Crippen molar-refractivity contribution in [1.82, 2.24) is 10.7 Å². The van der Waals surface area contributed by atoms with Gasteiger partial charge in [0.05, 0.1) is 45.7 Å². The van der Waals surface area contributed by atoms with Crippen LogP contribution in [0.3, 0.4) is 0 Å². The van der Waals surface area contributed by atoms with Crippen LogP contribution in [0, 0.1) is 11.3 Å². The fraction of sp³-hybridized carbons (Fsp3) is 0.185. The van der Waals surface area contributed by atoms with E-state index in [1.54, 1.807) is 42.5 Å². The molecule has 0 saturated carbocycles. The molecule has 2 N–H and O–H groups in total. The van der Waals surface area contributed by atoms with Crippen LogP contribution in [-0.4, -0.2) is 45.9 Å². The summed E-state index contributed by atoms with van der Waals surface area (Å²) in [5.74, 6) is 0.905. The first-order chi connectivity index (χ1) is 18.0. The summed E-state index contributed by atoms with van der Waals surface area (Å²) < 4.78 is 21.6. The average molecular weight is 503 g/mol. The minimum atomic E-state index is -0.506. The average Bonchev–Trinajstić information content (AvgIpc) is 2.94. The third-order valence-electron chi connectivity index (χ3n) is 5.17. The Morgan fingerprint density at radius 2 is 1.62 bits per heavy atom. The van der Waals surface area contributed by atoms with Crippen molar-refractivity contribution in [3.63, 3.8) is 0 Å². The van der Waals surface area contributed by atoms with Gasteiger partial charge in [-0.15, -0.1) is 0 Å². The van der Waals surface area contributed by atoms with Gasteiger partial charge in [-0.05, 0) is 48.0 Å². The number of ether oxygens (including phenoxy) is 4. The number of nitrogens with one attached hydrogen (secondary N) is 2. The number of carbonyl (C=O) groups excluding carboxylic acids is 2. The van der Waals surface area contributed by atoms with Gasteiger partial charge in [0.25, 0.3) is 11.8 Å². The van der Waals surface area contributed by atoms with Gasteiger partial charge in [-0.3, -0.25) is 9.59 Å². The molecule has 190 valence electrons. The predicted molar refractivity (Wildman–Crippen MR) is 136 cm³/mol. The van der Waals surface area contributed by atoms with E-state index in [0.29, 0.717) is 39.7 Å². The summed E-state index contributed by atoms with van der Waals surface area (Å²) >= 11 is 0. The fourth-order valence-corrected chi connectivity index (χ4v) is 3.25. The number of hydrogen-bond donors (Lipinski definition) is 2. The molecular weight excluding hydrogens is 476 g/mol. The van der Waals surface area contributed by atoms with Crippen LogP contribution in [-0.2, 0) is 11.4 Å². The maximum absolute atomic E-state index is 12.3. The van der Waals surface area contributed by atoms with E-state index in [0.717, 1.165) is 5.56 Å². The molecule has 0 aliphatic heterocycles. The second-order valence-electron chi connectivity index (χ2n) is 7.51. The Morgan fingerprint density at radius 1 is 0.919 bits per heavy atom. The Balaban J connectivity index is 1.53. The molecule has 0 bridgehead atoms. The molecule has 0 aliphatic rings. The number of carbonyl (C=O) groups is 2. The van der Waals surface area contributed by atoms with Crippen molar-refractivity contribution in [3.05, 3.63) is 82.9 Å². The molecule has 10 nitrogen and oxygen atoms in total. The molecule has 0 aliphatic carbocycles. The second-order valence-corrected chi connectivity index (χ2v) is 7.51. The van der Waals surface area contributed by atoms with Crippen molar-refractivity contribution in [2.45, 2.75) is 6.61 Å². The lowest BCUT2D eigenvalue weighted by Crippen LogP contribution is -2.34. The van der Waals surface area contributed by atoms with Crippen molar-refractivity contribution in [1.29, 1.82) is 5.26 Å². The maximum atomic E-state index is 12.3. The number of hydrazone groups is 1. The first-order valence-electron chi connectivity index (χ1n) is 11.1. The van der Waals surface area contributed by atoms with Crippen molar-refractivity contribution >= 4 is 18.0 Å². The minimum Gasteiger partial charge on any atom is -0.493 e. The number of amides is 2. The third kappa shape index (κ3) is 7.22. The first-order valence-corrected chi connectivity index (χ1v) is 11.1. The highest BCUT2D eigenvalue weighted by Crippen LogP contribution is 2.29. The number of nitrogens with zero attached hydrogens (tertiary/aromatic N) is 2. The first kappa shape index (κ1) is 26.6. The van der Waals surface area contributed by atoms with Gasteiger partial charge in [0.1, 0.15) is 6.61 Å². The Bertz CT molecular complexity index is 1330. The smallest absolute Gasteiger partial charge is 0.259 e. The maximum Gasteiger partial charge on any atom is 0.259 e. The van der Waals surface area contributed by atoms with Gasteiger partial charge in [0.2, 0.25) is 0 Å². The molecule has 3 rings (SSSR count). The van der Waals surface area contributed by atoms with Gasteiger partial charge in [-0.2, -0.15) is 10.4 Å². The molecule has 3 aromatic rings. The van der Waals surface area contributed by atoms with E-state index in [-0.39, 0.29) is 13.2 Å². The predicted octanol–water partition coefficient (Wildman–Crippen LogP) is 3.04. The summed E-state index contributed by atoms with van der Waals surface area (Å²) in [5.41, 5.74) is 4.63. The molecule has 0 atom stereocenters. The second kappa shape index (κ2) is 13.2. The number of methoxy groups -OCH3 is 3. The number of benzene rings is 3. The van der Waals surface area contributed by atoms with E-state index >= 15 is 0 Å². The topological polar surface area (TPSA) is 131 Å². The molecule has 0 aromatic heterocycles. The lowest BCUT2D eigenvalue weighted by Gasteiger charge is -2.12. The number of rotatable bonds is 11. The van der Waals surface area contributed by atoms with Crippen LogP contribution in [0.15, 0.2) is 65.8 Å². The van der Waals surface area contributed by atoms with E-state index in [2.05, 4.69) is 21.9 Å². The molecular formula is C27H26N4O6. The van der Waals surface area contributed by atoms with Crippen molar-refractivity contribution in [2.24, 2.45) is 5.10 Å². The van der Waals surface area contributed by atoms with Crippen LogP contribution in [0.1, 0.15) is 27.0 Å². The normalized spacial score (nSPS) is 10.3. The van der Waals surface area contributed by atoms with Crippen molar-refractivity contribution in [2.75, 3.05) is 27.9 Å². The van der Waals surface area contributed by atoms with Gasteiger partial charge in [-0.1, -0.05) is 18.2 Å². The van der Waals surface area contributed by atoms with Crippen molar-refractivity contribution in [3.8, 4) is 29.1 Å². The third-order valence-corrected chi connectivity index (χ3v) is 5.17. The highest BCUT2D eigenvalue weighted by atomic mass is 16.5. The zero-order valence-electron chi connectivity index (χ0n) is 20.6. The molecule has 2 amide bonds. The summed E-state index contributed by atoms with van der Waals surface area (Å²) in [6.45, 7) is -0.0661. The zero-order valence-corrected chi connectivity index (χ0v) is 20.6. The van der Waals surface area contributed by atoms with Gasteiger partial charge in [0, 0.05) is 11.1 Å². The standard InChI is InChI=1S/C27H26N4O6/c1-34-22-11-9-19(13-25(22)36-3)27(33)29-16-26(32)31-30-15-18-8-10-23(24(12-18)35-2)37-17-21-7-5-4-6-20(21)14-28/h4-13,15H,16-17H2,1-3H3,(H,29,33)(H,31,32)/b30-15+. The Hall–Kier alpha value is -5.04. The fourth-order valence-electron chi connectivity index (χ4n) is 3.25. The van der Waals surface area contributed by atoms with Crippen LogP contribution < -0.4 is 29.7 Å². The number of nitriles is 1. The van der Waals surface area contributed by atoms with Crippen LogP contribution in [0.25, 0.3) is 0 Å². The van der Waals surface area contributed by atoms with Gasteiger partial charge in [-0.25, -0.2) is 5.43 Å². The summed E-state index contributed by atoms with van der Waals surface area (Å²) in [6, 6.07) is 19.2. The largest absolute Gasteiger partial charge is 0.493 e. The molecule has 37 heavy (non-hydrogen) atoms. The molecule has 0 fully saturated rings. The Morgan fingerprint density at radius 3 is 2.35 bits per heavy atom. The lowest BCUT2D eigenvalue weighted by atomic mass is 10.1. The van der Waals surface area contributed by atoms with Crippen molar-refractivity contribution < 1.29 is 28.5 Å². The Labute approximate surface area is 214 Å². The summed E-state index contributed by atoms with van der Waals surface area (Å²) in [5, 5.41) is 15.7. The molecule has 0 saturated heterocycles. The van der Waals surface area contributed by atoms with E-state index in [4.69, 9.17) is 18.9 Å². The van der Waals surface area contributed by atoms with E-state index in [1.165, 1.54) is 33.6 Å². The highest BCUT2D eigenvalue weighted by Gasteiger charge is 2.12. The van der Waals surface area contributed by atoms with Gasteiger partial charge >= 0.3 is 0 Å². The monoisotopic (exact) mass is 502 g/mol. The van der Waals surface area contributed by atoms with Crippen LogP contribution in [0.5, 0.6) is 23.0 Å². The quantitative estimate of drug-likeness (QED) is 0.304. The van der Waals surface area contributed by atoms with Crippen LogP contribution >= 0.6 is 0 Å². The molecule has 10 heteroatoms. The molecule has 0 unspecified atom stereocenters. The SMILES string of the molecule is COc1ccc(C(=O)NCC(=O)N/N=C/c2ccc(OCc3ccccc3C#N)c(OC)c2)cc1OC. The summed E-state index contributed by atoms with van der Waals surface area (Å²) in [4.78, 5) is 24.4.